The van der Waals surface area contributed by atoms with Crippen LogP contribution >= 0.6 is 0 Å². The lowest BCUT2D eigenvalue weighted by atomic mass is 10.2. The molecule has 0 saturated heterocycles. The molecule has 3 nitrogen and oxygen atoms in total. The second-order valence-electron chi connectivity index (χ2n) is 3.11. The number of halogens is 2. The molecule has 0 radical (unpaired) electrons. The van der Waals surface area contributed by atoms with Crippen LogP contribution in [0.2, 0.25) is 0 Å². The van der Waals surface area contributed by atoms with Crippen molar-refractivity contribution in [2.45, 2.75) is 0 Å². The molecule has 15 heavy (non-hydrogen) atoms. The van der Waals surface area contributed by atoms with Gasteiger partial charge in [0.25, 0.3) is 0 Å². The summed E-state index contributed by atoms with van der Waals surface area (Å²) in [6, 6.07) is 3.69. The second-order valence-corrected chi connectivity index (χ2v) is 3.11. The van der Waals surface area contributed by atoms with Crippen molar-refractivity contribution in [3.63, 3.8) is 0 Å². The maximum atomic E-state index is 13.4. The quantitative estimate of drug-likeness (QED) is 0.818. The van der Waals surface area contributed by atoms with Gasteiger partial charge in [-0.2, -0.15) is 5.26 Å². The van der Waals surface area contributed by atoms with E-state index in [2.05, 4.69) is 0 Å². The molecule has 0 atom stereocenters. The molecule has 0 bridgehead atoms. The van der Waals surface area contributed by atoms with Gasteiger partial charge < -0.3 is 10.6 Å². The molecule has 80 valence electrons. The number of nitrogens with two attached hydrogens (primary N) is 1. The largest absolute Gasteiger partial charge is 0.369 e. The summed E-state index contributed by atoms with van der Waals surface area (Å²) in [5.41, 5.74) is 5.10. The van der Waals surface area contributed by atoms with E-state index < -0.39 is 11.6 Å². The summed E-state index contributed by atoms with van der Waals surface area (Å²) in [6.07, 6.45) is 0. The van der Waals surface area contributed by atoms with Crippen molar-refractivity contribution in [1.29, 1.82) is 5.26 Å². The zero-order valence-corrected chi connectivity index (χ0v) is 8.30. The molecule has 0 heterocycles. The maximum absolute atomic E-state index is 13.4. The maximum Gasteiger partial charge on any atom is 0.150 e. The standard InChI is InChI=1S/C10H11F2N3/c1-15(3-2-13)10-8(11)4-7(6-14)5-9(10)12/h4-5H,2-3,13H2,1H3. The van der Waals surface area contributed by atoms with Gasteiger partial charge in [0.2, 0.25) is 0 Å². The zero-order valence-electron chi connectivity index (χ0n) is 8.30. The van der Waals surface area contributed by atoms with Crippen molar-refractivity contribution in [2.24, 2.45) is 5.73 Å². The van der Waals surface area contributed by atoms with Crippen LogP contribution in [0.1, 0.15) is 5.56 Å². The van der Waals surface area contributed by atoms with Crippen molar-refractivity contribution in [3.8, 4) is 6.07 Å². The lowest BCUT2D eigenvalue weighted by Gasteiger charge is -2.19. The summed E-state index contributed by atoms with van der Waals surface area (Å²) in [5, 5.41) is 8.50. The fraction of sp³-hybridized carbons (Fsp3) is 0.300. The predicted octanol–water partition coefficient (Wildman–Crippen LogP) is 1.23. The van der Waals surface area contributed by atoms with E-state index in [0.29, 0.717) is 13.1 Å². The molecule has 0 spiro atoms. The molecule has 0 unspecified atom stereocenters. The van der Waals surface area contributed by atoms with Gasteiger partial charge in [-0.3, -0.25) is 0 Å². The van der Waals surface area contributed by atoms with E-state index >= 15 is 0 Å². The van der Waals surface area contributed by atoms with E-state index in [4.69, 9.17) is 11.0 Å². The molecular formula is C10H11F2N3. The molecule has 1 rings (SSSR count). The summed E-state index contributed by atoms with van der Waals surface area (Å²) < 4.78 is 26.8. The summed E-state index contributed by atoms with van der Waals surface area (Å²) >= 11 is 0. The Morgan fingerprint density at radius 3 is 2.33 bits per heavy atom. The Morgan fingerprint density at radius 1 is 1.40 bits per heavy atom. The van der Waals surface area contributed by atoms with Gasteiger partial charge in [-0.15, -0.1) is 0 Å². The van der Waals surface area contributed by atoms with Gasteiger partial charge in [0, 0.05) is 20.1 Å². The number of hydrogen-bond acceptors (Lipinski definition) is 3. The first-order chi connectivity index (χ1) is 7.10. The topological polar surface area (TPSA) is 53.0 Å². The Kier molecular flexibility index (Phi) is 3.58. The van der Waals surface area contributed by atoms with Crippen molar-refractivity contribution in [2.75, 3.05) is 25.0 Å². The van der Waals surface area contributed by atoms with Crippen LogP contribution < -0.4 is 10.6 Å². The highest BCUT2D eigenvalue weighted by molar-refractivity contribution is 5.52. The molecule has 0 amide bonds. The van der Waals surface area contributed by atoms with Crippen LogP contribution in [0.4, 0.5) is 14.5 Å². The Hall–Kier alpha value is -1.67. The third-order valence-electron chi connectivity index (χ3n) is 1.99. The molecular weight excluding hydrogens is 200 g/mol. The van der Waals surface area contributed by atoms with Crippen LogP contribution in [0.5, 0.6) is 0 Å². The Labute approximate surface area is 86.7 Å². The monoisotopic (exact) mass is 211 g/mol. The van der Waals surface area contributed by atoms with Crippen LogP contribution in [-0.4, -0.2) is 20.1 Å². The normalized spacial score (nSPS) is 9.80. The fourth-order valence-electron chi connectivity index (χ4n) is 1.30. The van der Waals surface area contributed by atoms with Gasteiger partial charge in [0.15, 0.2) is 11.6 Å². The Bertz CT molecular complexity index is 375. The number of benzene rings is 1. The van der Waals surface area contributed by atoms with Crippen LogP contribution in [0, 0.1) is 23.0 Å². The SMILES string of the molecule is CN(CCN)c1c(F)cc(C#N)cc1F. The van der Waals surface area contributed by atoms with E-state index in [-0.39, 0.29) is 11.3 Å². The van der Waals surface area contributed by atoms with Crippen LogP contribution in [0.25, 0.3) is 0 Å². The third-order valence-corrected chi connectivity index (χ3v) is 1.99. The summed E-state index contributed by atoms with van der Waals surface area (Å²) in [7, 11) is 1.54. The number of nitriles is 1. The van der Waals surface area contributed by atoms with Gasteiger partial charge in [-0.1, -0.05) is 0 Å². The smallest absolute Gasteiger partial charge is 0.150 e. The Morgan fingerprint density at radius 2 is 1.93 bits per heavy atom. The average Bonchev–Trinajstić information content (AvgIpc) is 2.16. The number of likely N-dealkylation sites (N-methyl/N-ethyl adjacent to an activating group) is 1. The molecule has 0 fully saturated rings. The van der Waals surface area contributed by atoms with E-state index in [1.165, 1.54) is 4.90 Å². The number of anilines is 1. The molecule has 0 aliphatic heterocycles. The van der Waals surface area contributed by atoms with Crippen LogP contribution in [-0.2, 0) is 0 Å². The minimum Gasteiger partial charge on any atom is -0.369 e. The van der Waals surface area contributed by atoms with Crippen molar-refractivity contribution in [3.05, 3.63) is 29.3 Å². The summed E-state index contributed by atoms with van der Waals surface area (Å²) in [4.78, 5) is 1.38. The third kappa shape index (κ3) is 2.42. The van der Waals surface area contributed by atoms with E-state index in [0.717, 1.165) is 12.1 Å². The Balaban J connectivity index is 3.14. The van der Waals surface area contributed by atoms with Crippen LogP contribution in [0.3, 0.4) is 0 Å². The van der Waals surface area contributed by atoms with Crippen LogP contribution in [0.15, 0.2) is 12.1 Å². The lowest BCUT2D eigenvalue weighted by Crippen LogP contribution is -2.26. The van der Waals surface area contributed by atoms with Gasteiger partial charge >= 0.3 is 0 Å². The van der Waals surface area contributed by atoms with Crippen molar-refractivity contribution >= 4 is 5.69 Å². The second kappa shape index (κ2) is 4.71. The van der Waals surface area contributed by atoms with E-state index in [1.807, 2.05) is 0 Å². The van der Waals surface area contributed by atoms with Gasteiger partial charge in [0.05, 0.1) is 11.6 Å². The van der Waals surface area contributed by atoms with Crippen molar-refractivity contribution in [1.82, 2.24) is 0 Å². The number of nitrogens with zero attached hydrogens (tertiary/aromatic N) is 2. The molecule has 0 aliphatic rings. The zero-order chi connectivity index (χ0) is 11.4. The highest BCUT2D eigenvalue weighted by Crippen LogP contribution is 2.23. The lowest BCUT2D eigenvalue weighted by molar-refractivity contribution is 0.576. The van der Waals surface area contributed by atoms with Gasteiger partial charge in [-0.05, 0) is 12.1 Å². The first-order valence-corrected chi connectivity index (χ1v) is 4.40. The van der Waals surface area contributed by atoms with Crippen molar-refractivity contribution < 1.29 is 8.78 Å². The highest BCUT2D eigenvalue weighted by atomic mass is 19.1. The van der Waals surface area contributed by atoms with E-state index in [9.17, 15) is 8.78 Å². The molecule has 0 aliphatic carbocycles. The molecule has 2 N–H and O–H groups in total. The van der Waals surface area contributed by atoms with E-state index in [1.54, 1.807) is 13.1 Å². The number of hydrogen-bond donors (Lipinski definition) is 1. The minimum absolute atomic E-state index is 0.0325. The first-order valence-electron chi connectivity index (χ1n) is 4.40. The molecule has 1 aromatic carbocycles. The molecule has 0 saturated carbocycles. The number of rotatable bonds is 3. The summed E-state index contributed by atoms with van der Waals surface area (Å²) in [5.74, 6) is -1.50. The molecule has 1 aromatic rings. The summed E-state index contributed by atoms with van der Waals surface area (Å²) in [6.45, 7) is 0.648. The minimum atomic E-state index is -0.748. The average molecular weight is 211 g/mol. The molecule has 5 heteroatoms. The predicted molar refractivity (Wildman–Crippen MR) is 53.4 cm³/mol. The first kappa shape index (κ1) is 11.4. The fourth-order valence-corrected chi connectivity index (χ4v) is 1.30. The highest BCUT2D eigenvalue weighted by Gasteiger charge is 2.14. The molecule has 0 aromatic heterocycles. The van der Waals surface area contributed by atoms with Gasteiger partial charge in [-0.25, -0.2) is 8.78 Å². The van der Waals surface area contributed by atoms with Gasteiger partial charge in [0.1, 0.15) is 5.69 Å².